The van der Waals surface area contributed by atoms with Crippen molar-refractivity contribution in [2.24, 2.45) is 0 Å². The van der Waals surface area contributed by atoms with E-state index in [0.29, 0.717) is 12.6 Å². The molecule has 1 aromatic carbocycles. The maximum atomic E-state index is 5.96. The van der Waals surface area contributed by atoms with Gasteiger partial charge in [-0.2, -0.15) is 5.10 Å². The molecule has 1 atom stereocenters. The van der Waals surface area contributed by atoms with E-state index in [1.54, 1.807) is 7.11 Å². The minimum atomic E-state index is 0.140. The average molecular weight is 421 g/mol. The number of nitrogens with one attached hydrogen (secondary N) is 1. The molecule has 1 aliphatic heterocycles. The SMILES string of the molecule is COCc1cc(CN2CCC[C@@H]2c2cc(-c3cn[nH]c3)cc(C)n2)ccc1OC(C)C. The van der Waals surface area contributed by atoms with Crippen LogP contribution in [0.15, 0.2) is 42.7 Å². The lowest BCUT2D eigenvalue weighted by Gasteiger charge is -2.25. The lowest BCUT2D eigenvalue weighted by atomic mass is 10.0. The van der Waals surface area contributed by atoms with E-state index in [-0.39, 0.29) is 6.10 Å². The predicted molar refractivity (Wildman–Crippen MR) is 122 cm³/mol. The van der Waals surface area contributed by atoms with Gasteiger partial charge in [-0.05, 0) is 75.5 Å². The third-order valence-corrected chi connectivity index (χ3v) is 5.68. The molecule has 0 aliphatic carbocycles. The highest BCUT2D eigenvalue weighted by atomic mass is 16.5. The molecule has 1 fully saturated rings. The van der Waals surface area contributed by atoms with Crippen LogP contribution in [-0.2, 0) is 17.9 Å². The number of hydrogen-bond acceptors (Lipinski definition) is 5. The van der Waals surface area contributed by atoms with Gasteiger partial charge in [0.2, 0.25) is 0 Å². The van der Waals surface area contributed by atoms with E-state index >= 15 is 0 Å². The lowest BCUT2D eigenvalue weighted by Crippen LogP contribution is -2.24. The highest BCUT2D eigenvalue weighted by molar-refractivity contribution is 5.62. The molecular formula is C25H32N4O2. The minimum absolute atomic E-state index is 0.140. The maximum absolute atomic E-state index is 5.96. The smallest absolute Gasteiger partial charge is 0.125 e. The fourth-order valence-corrected chi connectivity index (χ4v) is 4.39. The Morgan fingerprint density at radius 3 is 2.81 bits per heavy atom. The van der Waals surface area contributed by atoms with Crippen molar-refractivity contribution < 1.29 is 9.47 Å². The number of benzene rings is 1. The molecule has 0 saturated carbocycles. The van der Waals surface area contributed by atoms with Crippen molar-refractivity contribution in [3.05, 3.63) is 65.2 Å². The molecule has 6 nitrogen and oxygen atoms in total. The first kappa shape index (κ1) is 21.5. The summed E-state index contributed by atoms with van der Waals surface area (Å²) in [6, 6.07) is 11.1. The molecule has 31 heavy (non-hydrogen) atoms. The number of rotatable bonds is 8. The lowest BCUT2D eigenvalue weighted by molar-refractivity contribution is 0.174. The van der Waals surface area contributed by atoms with E-state index in [1.807, 2.05) is 26.2 Å². The summed E-state index contributed by atoms with van der Waals surface area (Å²) < 4.78 is 11.4. The van der Waals surface area contributed by atoms with Crippen LogP contribution in [0.5, 0.6) is 5.75 Å². The van der Waals surface area contributed by atoms with Crippen LogP contribution in [-0.4, -0.2) is 39.8 Å². The van der Waals surface area contributed by atoms with Crippen LogP contribution in [0.2, 0.25) is 0 Å². The molecule has 1 aliphatic rings. The van der Waals surface area contributed by atoms with Gasteiger partial charge in [0.15, 0.2) is 0 Å². The van der Waals surface area contributed by atoms with Gasteiger partial charge in [0.1, 0.15) is 5.75 Å². The monoisotopic (exact) mass is 420 g/mol. The fourth-order valence-electron chi connectivity index (χ4n) is 4.39. The Labute approximate surface area is 184 Å². The van der Waals surface area contributed by atoms with Gasteiger partial charge in [0.25, 0.3) is 0 Å². The third-order valence-electron chi connectivity index (χ3n) is 5.68. The number of hydrogen-bond donors (Lipinski definition) is 1. The normalized spacial score (nSPS) is 16.9. The number of H-pyrrole nitrogens is 1. The Bertz CT molecular complexity index is 1000. The molecule has 0 bridgehead atoms. The van der Waals surface area contributed by atoms with Gasteiger partial charge < -0.3 is 9.47 Å². The van der Waals surface area contributed by atoms with E-state index in [4.69, 9.17) is 14.5 Å². The van der Waals surface area contributed by atoms with E-state index in [2.05, 4.69) is 52.4 Å². The average Bonchev–Trinajstić information content (AvgIpc) is 3.41. The Morgan fingerprint density at radius 1 is 1.19 bits per heavy atom. The van der Waals surface area contributed by atoms with Crippen molar-refractivity contribution in [3.8, 4) is 16.9 Å². The van der Waals surface area contributed by atoms with Crippen LogP contribution in [0.1, 0.15) is 55.2 Å². The summed E-state index contributed by atoms with van der Waals surface area (Å²) >= 11 is 0. The molecule has 1 N–H and O–H groups in total. The first-order valence-electron chi connectivity index (χ1n) is 11.0. The second kappa shape index (κ2) is 9.62. The van der Waals surface area contributed by atoms with E-state index in [9.17, 15) is 0 Å². The molecular weight excluding hydrogens is 388 g/mol. The van der Waals surface area contributed by atoms with Gasteiger partial charge in [0, 0.05) is 36.7 Å². The Kier molecular flexibility index (Phi) is 6.68. The molecule has 0 radical (unpaired) electrons. The number of aromatic nitrogens is 3. The molecule has 3 aromatic rings. The predicted octanol–water partition coefficient (Wildman–Crippen LogP) is 5.05. The van der Waals surface area contributed by atoms with Crippen LogP contribution in [0.3, 0.4) is 0 Å². The largest absolute Gasteiger partial charge is 0.491 e. The van der Waals surface area contributed by atoms with Gasteiger partial charge in [-0.25, -0.2) is 0 Å². The van der Waals surface area contributed by atoms with Gasteiger partial charge in [0.05, 0.1) is 30.6 Å². The number of aryl methyl sites for hydroxylation is 1. The van der Waals surface area contributed by atoms with E-state index in [1.165, 1.54) is 17.5 Å². The Morgan fingerprint density at radius 2 is 2.06 bits per heavy atom. The quantitative estimate of drug-likeness (QED) is 0.552. The Hall–Kier alpha value is -2.70. The van der Waals surface area contributed by atoms with Crippen molar-refractivity contribution in [2.45, 2.75) is 58.9 Å². The third kappa shape index (κ3) is 5.14. The second-order valence-corrected chi connectivity index (χ2v) is 8.58. The zero-order valence-corrected chi connectivity index (χ0v) is 18.9. The molecule has 3 heterocycles. The highest BCUT2D eigenvalue weighted by Crippen LogP contribution is 2.35. The van der Waals surface area contributed by atoms with Gasteiger partial charge in [-0.15, -0.1) is 0 Å². The fraction of sp³-hybridized carbons (Fsp3) is 0.440. The summed E-state index contributed by atoms with van der Waals surface area (Å²) in [6.45, 7) is 8.67. The number of methoxy groups -OCH3 is 1. The molecule has 0 unspecified atom stereocenters. The van der Waals surface area contributed by atoms with Crippen LogP contribution >= 0.6 is 0 Å². The van der Waals surface area contributed by atoms with Gasteiger partial charge in [-0.3, -0.25) is 15.0 Å². The number of nitrogens with zero attached hydrogens (tertiary/aromatic N) is 3. The zero-order valence-electron chi connectivity index (χ0n) is 18.9. The number of aromatic amines is 1. The van der Waals surface area contributed by atoms with E-state index < -0.39 is 0 Å². The molecule has 1 saturated heterocycles. The molecule has 2 aromatic heterocycles. The van der Waals surface area contributed by atoms with Crippen LogP contribution in [0.25, 0.3) is 11.1 Å². The molecule has 164 valence electrons. The minimum Gasteiger partial charge on any atom is -0.491 e. The van der Waals surface area contributed by atoms with E-state index in [0.717, 1.165) is 47.8 Å². The zero-order chi connectivity index (χ0) is 21.8. The molecule has 4 rings (SSSR count). The number of ether oxygens (including phenoxy) is 2. The van der Waals surface area contributed by atoms with Crippen LogP contribution < -0.4 is 4.74 Å². The van der Waals surface area contributed by atoms with Crippen molar-refractivity contribution in [1.82, 2.24) is 20.1 Å². The maximum Gasteiger partial charge on any atom is 0.125 e. The van der Waals surface area contributed by atoms with Crippen molar-refractivity contribution in [1.29, 1.82) is 0 Å². The standard InChI is InChI=1S/C25H32N4O2/c1-17(2)31-25-8-7-19(11-21(25)16-30-4)15-29-9-5-6-24(29)23-12-20(10-18(3)28-23)22-13-26-27-14-22/h7-8,10-14,17,24H,5-6,9,15-16H2,1-4H3,(H,26,27)/t24-/m1/s1. The molecule has 0 spiro atoms. The summed E-state index contributed by atoms with van der Waals surface area (Å²) in [4.78, 5) is 7.44. The van der Waals surface area contributed by atoms with Crippen molar-refractivity contribution in [2.75, 3.05) is 13.7 Å². The number of likely N-dealkylation sites (tertiary alicyclic amines) is 1. The first-order chi connectivity index (χ1) is 15.0. The first-order valence-corrected chi connectivity index (χ1v) is 11.0. The second-order valence-electron chi connectivity index (χ2n) is 8.58. The van der Waals surface area contributed by atoms with Gasteiger partial charge >= 0.3 is 0 Å². The van der Waals surface area contributed by atoms with Crippen molar-refractivity contribution in [3.63, 3.8) is 0 Å². The summed E-state index contributed by atoms with van der Waals surface area (Å²) in [5.41, 5.74) is 6.82. The van der Waals surface area contributed by atoms with Crippen LogP contribution in [0, 0.1) is 6.92 Å². The Balaban J connectivity index is 1.56. The topological polar surface area (TPSA) is 63.3 Å². The molecule has 6 heteroatoms. The van der Waals surface area contributed by atoms with Gasteiger partial charge in [-0.1, -0.05) is 6.07 Å². The molecule has 0 amide bonds. The summed E-state index contributed by atoms with van der Waals surface area (Å²) in [7, 11) is 1.73. The summed E-state index contributed by atoms with van der Waals surface area (Å²) in [5, 5.41) is 7.01. The highest BCUT2D eigenvalue weighted by Gasteiger charge is 2.28. The van der Waals surface area contributed by atoms with Crippen LogP contribution in [0.4, 0.5) is 0 Å². The number of pyridine rings is 1. The summed E-state index contributed by atoms with van der Waals surface area (Å²) in [5.74, 6) is 0.906. The van der Waals surface area contributed by atoms with Crippen molar-refractivity contribution >= 4 is 0 Å². The summed E-state index contributed by atoms with van der Waals surface area (Å²) in [6.07, 6.45) is 6.24.